The number of aryl methyl sites for hydroxylation is 2. The van der Waals surface area contributed by atoms with Gasteiger partial charge in [0.25, 0.3) is 5.56 Å². The van der Waals surface area contributed by atoms with E-state index in [-0.39, 0.29) is 5.56 Å². The van der Waals surface area contributed by atoms with Crippen molar-refractivity contribution in [2.24, 2.45) is 0 Å². The molecule has 24 heavy (non-hydrogen) atoms. The molecular weight excluding hydrogens is 336 g/mol. The quantitative estimate of drug-likeness (QED) is 0.448. The van der Waals surface area contributed by atoms with E-state index in [1.54, 1.807) is 27.7 Å². The van der Waals surface area contributed by atoms with Gasteiger partial charge >= 0.3 is 0 Å². The van der Waals surface area contributed by atoms with Gasteiger partial charge in [-0.25, -0.2) is 4.98 Å². The SMILES string of the molecule is CCCSc1nc2sc(CCC)c(C)c2c(=O)n1-c1ccccc1. The second-order valence-corrected chi connectivity index (χ2v) is 7.95. The van der Waals surface area contributed by atoms with E-state index in [1.165, 1.54) is 4.88 Å². The molecule has 0 N–H and O–H groups in total. The summed E-state index contributed by atoms with van der Waals surface area (Å²) in [7, 11) is 0. The van der Waals surface area contributed by atoms with Crippen molar-refractivity contribution in [3.63, 3.8) is 0 Å². The lowest BCUT2D eigenvalue weighted by molar-refractivity contribution is 0.820. The van der Waals surface area contributed by atoms with Crippen molar-refractivity contribution in [2.45, 2.75) is 45.2 Å². The maximum Gasteiger partial charge on any atom is 0.267 e. The highest BCUT2D eigenvalue weighted by Gasteiger charge is 2.18. The molecule has 0 saturated heterocycles. The molecule has 3 aromatic rings. The van der Waals surface area contributed by atoms with Gasteiger partial charge in [-0.15, -0.1) is 11.3 Å². The Morgan fingerprint density at radius 2 is 1.92 bits per heavy atom. The Labute approximate surface area is 150 Å². The lowest BCUT2D eigenvalue weighted by atomic mass is 10.1. The van der Waals surface area contributed by atoms with Crippen LogP contribution in [0.25, 0.3) is 15.9 Å². The lowest BCUT2D eigenvalue weighted by Gasteiger charge is -2.11. The molecule has 0 radical (unpaired) electrons. The van der Waals surface area contributed by atoms with Gasteiger partial charge in [0.1, 0.15) is 4.83 Å². The summed E-state index contributed by atoms with van der Waals surface area (Å²) in [6.45, 7) is 6.37. The molecule has 1 aromatic carbocycles. The van der Waals surface area contributed by atoms with Gasteiger partial charge in [-0.2, -0.15) is 0 Å². The molecule has 0 bridgehead atoms. The molecule has 3 rings (SSSR count). The van der Waals surface area contributed by atoms with Gasteiger partial charge in [0.15, 0.2) is 5.16 Å². The van der Waals surface area contributed by atoms with E-state index >= 15 is 0 Å². The smallest absolute Gasteiger partial charge is 0.267 e. The second-order valence-electron chi connectivity index (χ2n) is 5.80. The molecule has 2 heterocycles. The van der Waals surface area contributed by atoms with E-state index in [9.17, 15) is 4.79 Å². The van der Waals surface area contributed by atoms with Gasteiger partial charge in [0, 0.05) is 10.6 Å². The average molecular weight is 359 g/mol. The molecular formula is C19H22N2OS2. The van der Waals surface area contributed by atoms with E-state index in [1.807, 2.05) is 30.3 Å². The molecule has 2 aromatic heterocycles. The van der Waals surface area contributed by atoms with Crippen LogP contribution in [0.2, 0.25) is 0 Å². The van der Waals surface area contributed by atoms with Crippen molar-refractivity contribution in [3.8, 4) is 5.69 Å². The van der Waals surface area contributed by atoms with Crippen molar-refractivity contribution >= 4 is 33.3 Å². The second kappa shape index (κ2) is 7.53. The number of thioether (sulfide) groups is 1. The van der Waals surface area contributed by atoms with Crippen molar-refractivity contribution in [2.75, 3.05) is 5.75 Å². The number of nitrogens with zero attached hydrogens (tertiary/aromatic N) is 2. The van der Waals surface area contributed by atoms with Crippen molar-refractivity contribution in [3.05, 3.63) is 51.1 Å². The van der Waals surface area contributed by atoms with Crippen LogP contribution >= 0.6 is 23.1 Å². The molecule has 0 amide bonds. The summed E-state index contributed by atoms with van der Waals surface area (Å²) in [5.41, 5.74) is 2.05. The van der Waals surface area contributed by atoms with Crippen molar-refractivity contribution in [1.29, 1.82) is 0 Å². The zero-order chi connectivity index (χ0) is 17.1. The Balaban J connectivity index is 2.28. The fraction of sp³-hybridized carbons (Fsp3) is 0.368. The van der Waals surface area contributed by atoms with Gasteiger partial charge in [-0.1, -0.05) is 50.2 Å². The van der Waals surface area contributed by atoms with Crippen LogP contribution in [0.5, 0.6) is 0 Å². The van der Waals surface area contributed by atoms with Crippen molar-refractivity contribution in [1.82, 2.24) is 9.55 Å². The lowest BCUT2D eigenvalue weighted by Crippen LogP contribution is -2.21. The number of thiophene rings is 1. The molecule has 0 unspecified atom stereocenters. The van der Waals surface area contributed by atoms with Crippen LogP contribution < -0.4 is 5.56 Å². The van der Waals surface area contributed by atoms with E-state index < -0.39 is 0 Å². The summed E-state index contributed by atoms with van der Waals surface area (Å²) in [6.07, 6.45) is 3.14. The Hall–Kier alpha value is -1.59. The Morgan fingerprint density at radius 3 is 2.58 bits per heavy atom. The van der Waals surface area contributed by atoms with Crippen LogP contribution in [-0.4, -0.2) is 15.3 Å². The summed E-state index contributed by atoms with van der Waals surface area (Å²) < 4.78 is 1.78. The van der Waals surface area contributed by atoms with Crippen LogP contribution in [0.15, 0.2) is 40.3 Å². The number of aromatic nitrogens is 2. The first kappa shape index (κ1) is 17.2. The van der Waals surface area contributed by atoms with E-state index in [0.29, 0.717) is 0 Å². The maximum absolute atomic E-state index is 13.3. The number of para-hydroxylation sites is 1. The largest absolute Gasteiger partial charge is 0.268 e. The minimum absolute atomic E-state index is 0.0564. The van der Waals surface area contributed by atoms with E-state index in [4.69, 9.17) is 4.98 Å². The Kier molecular flexibility index (Phi) is 5.41. The third kappa shape index (κ3) is 3.15. The van der Waals surface area contributed by atoms with E-state index in [0.717, 1.165) is 51.6 Å². The molecule has 0 aliphatic rings. The summed E-state index contributed by atoms with van der Waals surface area (Å²) in [5.74, 6) is 0.955. The molecule has 0 atom stereocenters. The van der Waals surface area contributed by atoms with Gasteiger partial charge in [-0.3, -0.25) is 9.36 Å². The monoisotopic (exact) mass is 358 g/mol. The summed E-state index contributed by atoms with van der Waals surface area (Å²) in [5, 5.41) is 1.58. The average Bonchev–Trinajstić information content (AvgIpc) is 2.90. The molecule has 0 aliphatic carbocycles. The molecule has 3 nitrogen and oxygen atoms in total. The minimum atomic E-state index is 0.0564. The zero-order valence-electron chi connectivity index (χ0n) is 14.3. The fourth-order valence-corrected chi connectivity index (χ4v) is 4.96. The van der Waals surface area contributed by atoms with Crippen molar-refractivity contribution < 1.29 is 0 Å². The number of rotatable bonds is 6. The number of fused-ring (bicyclic) bond motifs is 1. The molecule has 0 saturated carbocycles. The van der Waals surface area contributed by atoms with Gasteiger partial charge in [0.2, 0.25) is 0 Å². The van der Waals surface area contributed by atoms with Crippen LogP contribution in [-0.2, 0) is 6.42 Å². The highest BCUT2D eigenvalue weighted by atomic mass is 32.2. The molecule has 5 heteroatoms. The van der Waals surface area contributed by atoms with Gasteiger partial charge in [-0.05, 0) is 37.5 Å². The van der Waals surface area contributed by atoms with Gasteiger partial charge in [0.05, 0.1) is 11.1 Å². The Bertz CT molecular complexity index is 897. The maximum atomic E-state index is 13.3. The van der Waals surface area contributed by atoms with E-state index in [2.05, 4.69) is 20.8 Å². The molecule has 0 fully saturated rings. The number of hydrogen-bond donors (Lipinski definition) is 0. The third-order valence-electron chi connectivity index (χ3n) is 3.96. The first-order valence-electron chi connectivity index (χ1n) is 8.40. The Morgan fingerprint density at radius 1 is 1.17 bits per heavy atom. The summed E-state index contributed by atoms with van der Waals surface area (Å²) >= 11 is 3.33. The highest BCUT2D eigenvalue weighted by Crippen LogP contribution is 2.31. The first-order chi connectivity index (χ1) is 11.7. The van der Waals surface area contributed by atoms with Crippen LogP contribution in [0.1, 0.15) is 37.1 Å². The predicted octanol–water partition coefficient (Wildman–Crippen LogP) is 5.21. The molecule has 0 spiro atoms. The highest BCUT2D eigenvalue weighted by molar-refractivity contribution is 7.99. The minimum Gasteiger partial charge on any atom is -0.268 e. The number of benzene rings is 1. The first-order valence-corrected chi connectivity index (χ1v) is 10.2. The van der Waals surface area contributed by atoms with Gasteiger partial charge < -0.3 is 0 Å². The topological polar surface area (TPSA) is 34.9 Å². The van der Waals surface area contributed by atoms with Crippen LogP contribution in [0, 0.1) is 6.92 Å². The predicted molar refractivity (Wildman–Crippen MR) is 105 cm³/mol. The summed E-state index contributed by atoms with van der Waals surface area (Å²) in [6, 6.07) is 9.83. The van der Waals surface area contributed by atoms with Crippen LogP contribution in [0.3, 0.4) is 0 Å². The normalized spacial score (nSPS) is 11.3. The molecule has 0 aliphatic heterocycles. The zero-order valence-corrected chi connectivity index (χ0v) is 16.0. The number of hydrogen-bond acceptors (Lipinski definition) is 4. The molecule has 126 valence electrons. The standard InChI is InChI=1S/C19H22N2OS2/c1-4-9-15-13(3)16-17(24-15)20-19(23-12-5-2)21(18(16)22)14-10-7-6-8-11-14/h6-8,10-11H,4-5,9,12H2,1-3H3. The summed E-state index contributed by atoms with van der Waals surface area (Å²) in [4.78, 5) is 20.3. The third-order valence-corrected chi connectivity index (χ3v) is 6.35. The van der Waals surface area contributed by atoms with Crippen LogP contribution in [0.4, 0.5) is 0 Å². The fourth-order valence-electron chi connectivity index (χ4n) is 2.77.